The number of carbonyl (C=O) groups is 1. The number of ketones is 1. The molecule has 32 heavy (non-hydrogen) atoms. The van der Waals surface area contributed by atoms with E-state index < -0.39 is 48.8 Å². The van der Waals surface area contributed by atoms with Crippen LogP contribution in [-0.2, 0) is 4.74 Å². The molecule has 0 saturated carbocycles. The number of carbonyl (C=O) groups excluding carboxylic acids is 1. The van der Waals surface area contributed by atoms with E-state index in [-0.39, 0.29) is 34.3 Å². The lowest BCUT2D eigenvalue weighted by atomic mass is 9.99. The first-order valence-electron chi connectivity index (χ1n) is 9.50. The molecule has 2 aliphatic heterocycles. The maximum absolute atomic E-state index is 12.6. The van der Waals surface area contributed by atoms with Crippen LogP contribution in [0.25, 0.3) is 6.08 Å². The lowest BCUT2D eigenvalue weighted by molar-refractivity contribution is -0.277. The fraction of sp³-hybridized carbons (Fsp3) is 0.286. The van der Waals surface area contributed by atoms with Crippen LogP contribution in [0, 0.1) is 0 Å². The van der Waals surface area contributed by atoms with Gasteiger partial charge in [-0.1, -0.05) is 6.07 Å². The van der Waals surface area contributed by atoms with Crippen LogP contribution >= 0.6 is 0 Å². The fourth-order valence-electron chi connectivity index (χ4n) is 3.39. The van der Waals surface area contributed by atoms with E-state index in [2.05, 4.69) is 0 Å². The Hall–Kier alpha value is -3.35. The number of benzene rings is 2. The highest BCUT2D eigenvalue weighted by Gasteiger charge is 2.45. The van der Waals surface area contributed by atoms with Gasteiger partial charge in [0.2, 0.25) is 17.8 Å². The molecule has 170 valence electrons. The normalized spacial score (nSPS) is 28.4. The Labute approximate surface area is 180 Å². The number of ether oxygens (including phenoxy) is 3. The Morgan fingerprint density at radius 1 is 0.969 bits per heavy atom. The van der Waals surface area contributed by atoms with Gasteiger partial charge in [0.05, 0.1) is 12.2 Å². The van der Waals surface area contributed by atoms with Crippen LogP contribution in [0.15, 0.2) is 36.1 Å². The molecule has 2 aromatic rings. The number of fused-ring (bicyclic) bond motifs is 1. The van der Waals surface area contributed by atoms with Gasteiger partial charge >= 0.3 is 0 Å². The van der Waals surface area contributed by atoms with E-state index in [1.165, 1.54) is 36.4 Å². The highest BCUT2D eigenvalue weighted by Crippen LogP contribution is 2.45. The Morgan fingerprint density at radius 3 is 2.41 bits per heavy atom. The fourth-order valence-corrected chi connectivity index (χ4v) is 3.39. The summed E-state index contributed by atoms with van der Waals surface area (Å²) in [5.74, 6) is -2.48. The summed E-state index contributed by atoms with van der Waals surface area (Å²) in [7, 11) is 0. The number of hydrogen-bond acceptors (Lipinski definition) is 11. The van der Waals surface area contributed by atoms with Crippen molar-refractivity contribution in [1.29, 1.82) is 0 Å². The molecule has 0 spiro atoms. The first-order valence-corrected chi connectivity index (χ1v) is 9.50. The predicted octanol–water partition coefficient (Wildman–Crippen LogP) is -0.402. The van der Waals surface area contributed by atoms with Crippen molar-refractivity contribution in [3.8, 4) is 28.7 Å². The second kappa shape index (κ2) is 8.30. The van der Waals surface area contributed by atoms with Gasteiger partial charge in [-0.2, -0.15) is 0 Å². The second-order valence-electron chi connectivity index (χ2n) is 7.29. The zero-order chi connectivity index (χ0) is 23.2. The van der Waals surface area contributed by atoms with Crippen molar-refractivity contribution in [3.05, 3.63) is 47.2 Å². The maximum Gasteiger partial charge on any atom is 0.232 e. The number of aliphatic hydroxyl groups is 4. The molecule has 11 heteroatoms. The minimum absolute atomic E-state index is 0.0258. The third-order valence-corrected chi connectivity index (χ3v) is 5.16. The average Bonchev–Trinajstić information content (AvgIpc) is 3.09. The maximum atomic E-state index is 12.6. The number of phenolic OH excluding ortho intramolecular Hbond substituents is 3. The van der Waals surface area contributed by atoms with Gasteiger partial charge in [0.25, 0.3) is 0 Å². The predicted molar refractivity (Wildman–Crippen MR) is 105 cm³/mol. The molecule has 2 unspecified atom stereocenters. The highest BCUT2D eigenvalue weighted by molar-refractivity contribution is 6.15. The molecule has 0 bridgehead atoms. The van der Waals surface area contributed by atoms with Gasteiger partial charge < -0.3 is 50.0 Å². The van der Waals surface area contributed by atoms with Gasteiger partial charge in [-0.15, -0.1) is 0 Å². The summed E-state index contributed by atoms with van der Waals surface area (Å²) in [6.07, 6.45) is -6.38. The van der Waals surface area contributed by atoms with Crippen LogP contribution in [0.1, 0.15) is 15.9 Å². The summed E-state index contributed by atoms with van der Waals surface area (Å²) < 4.78 is 16.1. The lowest BCUT2D eigenvalue weighted by Gasteiger charge is -2.39. The summed E-state index contributed by atoms with van der Waals surface area (Å²) in [6.45, 7) is -0.653. The zero-order valence-corrected chi connectivity index (χ0v) is 16.3. The minimum atomic E-state index is -1.69. The molecule has 0 radical (unpaired) electrons. The van der Waals surface area contributed by atoms with Crippen molar-refractivity contribution in [2.45, 2.75) is 30.7 Å². The quantitative estimate of drug-likeness (QED) is 0.238. The largest absolute Gasteiger partial charge is 0.504 e. The Kier molecular flexibility index (Phi) is 5.67. The summed E-state index contributed by atoms with van der Waals surface area (Å²) in [6, 6.07) is 6.43. The second-order valence-corrected chi connectivity index (χ2v) is 7.29. The van der Waals surface area contributed by atoms with E-state index in [0.29, 0.717) is 5.56 Å². The number of hydrogen-bond donors (Lipinski definition) is 7. The van der Waals surface area contributed by atoms with Crippen molar-refractivity contribution >= 4 is 11.9 Å². The monoisotopic (exact) mass is 448 g/mol. The third kappa shape index (κ3) is 3.72. The van der Waals surface area contributed by atoms with E-state index in [1.807, 2.05) is 0 Å². The van der Waals surface area contributed by atoms with Gasteiger partial charge in [-0.3, -0.25) is 4.79 Å². The zero-order valence-electron chi connectivity index (χ0n) is 16.3. The number of Topliss-reactive ketones (excluding diaryl/α,β-unsaturated/α-hetero) is 1. The lowest BCUT2D eigenvalue weighted by Crippen LogP contribution is -2.60. The van der Waals surface area contributed by atoms with E-state index in [1.54, 1.807) is 0 Å². The molecule has 7 N–H and O–H groups in total. The molecule has 2 aliphatic rings. The summed E-state index contributed by atoms with van der Waals surface area (Å²) in [4.78, 5) is 12.6. The first-order chi connectivity index (χ1) is 15.2. The average molecular weight is 448 g/mol. The van der Waals surface area contributed by atoms with Crippen molar-refractivity contribution in [2.24, 2.45) is 0 Å². The number of aromatic hydroxyl groups is 3. The van der Waals surface area contributed by atoms with E-state index in [4.69, 9.17) is 14.2 Å². The van der Waals surface area contributed by atoms with Gasteiger partial charge in [-0.25, -0.2) is 0 Å². The third-order valence-electron chi connectivity index (χ3n) is 5.16. The molecule has 2 heterocycles. The Bertz CT molecular complexity index is 1080. The molecule has 1 fully saturated rings. The van der Waals surface area contributed by atoms with Gasteiger partial charge in [-0.05, 0) is 35.9 Å². The summed E-state index contributed by atoms with van der Waals surface area (Å²) in [5, 5.41) is 68.6. The van der Waals surface area contributed by atoms with Crippen LogP contribution in [0.4, 0.5) is 0 Å². The van der Waals surface area contributed by atoms with Gasteiger partial charge in [0, 0.05) is 0 Å². The topological polar surface area (TPSA) is 186 Å². The first kappa shape index (κ1) is 21.9. The summed E-state index contributed by atoms with van der Waals surface area (Å²) in [5.41, 5.74) is 0.381. The van der Waals surface area contributed by atoms with Gasteiger partial charge in [0.15, 0.2) is 28.8 Å². The Morgan fingerprint density at radius 2 is 1.72 bits per heavy atom. The standard InChI is InChI=1S/C21H20O11/c22-7-14-16(26)18(28)19(29)21(32-14)31-12-4-2-9-15(25)13(30-20(9)17(12)27)6-8-1-3-10(23)11(24)5-8/h1-6,14,16,18-19,21-24,26-29H,7H2/t14?,16-,18+,19?,21-/m1/s1. The molecule has 5 atom stereocenters. The van der Waals surface area contributed by atoms with Crippen LogP contribution in [0.2, 0.25) is 0 Å². The highest BCUT2D eigenvalue weighted by atomic mass is 16.7. The van der Waals surface area contributed by atoms with Crippen LogP contribution in [-0.4, -0.2) is 78.8 Å². The van der Waals surface area contributed by atoms with E-state index in [9.17, 15) is 40.5 Å². The van der Waals surface area contributed by atoms with Crippen molar-refractivity contribution in [2.75, 3.05) is 6.61 Å². The van der Waals surface area contributed by atoms with E-state index in [0.717, 1.165) is 0 Å². The van der Waals surface area contributed by atoms with Crippen LogP contribution in [0.5, 0.6) is 28.7 Å². The molecule has 4 rings (SSSR count). The number of rotatable bonds is 4. The minimum Gasteiger partial charge on any atom is -0.504 e. The summed E-state index contributed by atoms with van der Waals surface area (Å²) >= 11 is 0. The number of allylic oxidation sites excluding steroid dienone is 1. The van der Waals surface area contributed by atoms with Crippen molar-refractivity contribution < 1.29 is 54.8 Å². The number of aliphatic hydroxyl groups excluding tert-OH is 4. The smallest absolute Gasteiger partial charge is 0.232 e. The van der Waals surface area contributed by atoms with Crippen LogP contribution in [0.3, 0.4) is 0 Å². The molecule has 2 aromatic carbocycles. The molecule has 0 aromatic heterocycles. The van der Waals surface area contributed by atoms with Crippen molar-refractivity contribution in [3.63, 3.8) is 0 Å². The van der Waals surface area contributed by atoms with Gasteiger partial charge in [0.1, 0.15) is 24.4 Å². The van der Waals surface area contributed by atoms with E-state index >= 15 is 0 Å². The number of phenols is 3. The van der Waals surface area contributed by atoms with Crippen molar-refractivity contribution in [1.82, 2.24) is 0 Å². The van der Waals surface area contributed by atoms with Crippen LogP contribution < -0.4 is 9.47 Å². The molecule has 1 saturated heterocycles. The Balaban J connectivity index is 1.59. The molecular weight excluding hydrogens is 428 g/mol. The molecule has 0 amide bonds. The molecule has 11 nitrogen and oxygen atoms in total. The molecule has 0 aliphatic carbocycles. The molecular formula is C21H20O11. The SMILES string of the molecule is O=C1C(=Cc2ccc(O)c(O)c2)Oc2c1ccc(O[C@@H]1OC(CO)[C@@H](O)[C@H](O)C1O)c2O.